The highest BCUT2D eigenvalue weighted by molar-refractivity contribution is 7.92. The first-order valence-electron chi connectivity index (χ1n) is 10.2. The van der Waals surface area contributed by atoms with Gasteiger partial charge in [0, 0.05) is 35.4 Å². The molecule has 1 heterocycles. The number of carbonyl (C=O) groups is 2. The van der Waals surface area contributed by atoms with Gasteiger partial charge in [0.2, 0.25) is 0 Å². The van der Waals surface area contributed by atoms with Gasteiger partial charge in [0.1, 0.15) is 5.82 Å². The van der Waals surface area contributed by atoms with Crippen molar-refractivity contribution in [2.75, 3.05) is 4.72 Å². The summed E-state index contributed by atoms with van der Waals surface area (Å²) in [5, 5.41) is 0.754. The number of carbonyl (C=O) groups excluding carboxylic acids is 2. The molecule has 0 spiro atoms. The van der Waals surface area contributed by atoms with Gasteiger partial charge in [-0.25, -0.2) is 12.8 Å². The Labute approximate surface area is 195 Å². The molecule has 0 saturated carbocycles. The van der Waals surface area contributed by atoms with Crippen molar-refractivity contribution in [3.63, 3.8) is 0 Å². The standard InChI is InChI=1S/C24H21FN4O4S/c1-15-13-18(11-12-21(15)25)34(32,33)28-17-9-7-16(8-10-17)23(30)26-27-24(31)20-14-29(2)22-6-4-3-5-19(20)22/h3-14,28H,1-2H3,(H,26,30)(H,27,31). The Hall–Kier alpha value is -4.18. The molecule has 3 N–H and O–H groups in total. The van der Waals surface area contributed by atoms with Crippen LogP contribution in [-0.4, -0.2) is 24.8 Å². The Bertz CT molecular complexity index is 1510. The van der Waals surface area contributed by atoms with Crippen LogP contribution in [0.2, 0.25) is 0 Å². The number of hydrogen-bond donors (Lipinski definition) is 3. The van der Waals surface area contributed by atoms with E-state index in [0.29, 0.717) is 5.56 Å². The van der Waals surface area contributed by atoms with Crippen LogP contribution in [0.1, 0.15) is 26.3 Å². The monoisotopic (exact) mass is 480 g/mol. The number of aryl methyl sites for hydroxylation is 2. The molecule has 0 radical (unpaired) electrons. The normalized spacial score (nSPS) is 11.3. The number of anilines is 1. The van der Waals surface area contributed by atoms with Crippen LogP contribution in [0.4, 0.5) is 10.1 Å². The van der Waals surface area contributed by atoms with Gasteiger partial charge in [-0.3, -0.25) is 25.2 Å². The molecule has 0 aliphatic carbocycles. The zero-order valence-electron chi connectivity index (χ0n) is 18.3. The number of hydrazine groups is 1. The minimum absolute atomic E-state index is 0.0793. The van der Waals surface area contributed by atoms with Crippen molar-refractivity contribution < 1.29 is 22.4 Å². The van der Waals surface area contributed by atoms with E-state index in [1.807, 2.05) is 35.9 Å². The van der Waals surface area contributed by atoms with Crippen LogP contribution in [0.15, 0.2) is 77.8 Å². The number of nitrogens with zero attached hydrogens (tertiary/aromatic N) is 1. The third-order valence-corrected chi connectivity index (χ3v) is 6.65. The number of halogens is 1. The number of benzene rings is 3. The van der Waals surface area contributed by atoms with E-state index in [1.54, 1.807) is 6.20 Å². The maximum Gasteiger partial charge on any atom is 0.271 e. The molecule has 8 nitrogen and oxygen atoms in total. The van der Waals surface area contributed by atoms with Crippen molar-refractivity contribution in [1.82, 2.24) is 15.4 Å². The maximum absolute atomic E-state index is 13.4. The maximum atomic E-state index is 13.4. The van der Waals surface area contributed by atoms with E-state index >= 15 is 0 Å². The van der Waals surface area contributed by atoms with Crippen LogP contribution in [-0.2, 0) is 17.1 Å². The van der Waals surface area contributed by atoms with E-state index in [4.69, 9.17) is 0 Å². The topological polar surface area (TPSA) is 109 Å². The molecule has 34 heavy (non-hydrogen) atoms. The van der Waals surface area contributed by atoms with Gasteiger partial charge in [0.25, 0.3) is 21.8 Å². The molecular formula is C24H21FN4O4S. The molecule has 0 unspecified atom stereocenters. The van der Waals surface area contributed by atoms with Crippen molar-refractivity contribution in [2.45, 2.75) is 11.8 Å². The Kier molecular flexibility index (Phi) is 6.08. The first-order chi connectivity index (χ1) is 16.2. The van der Waals surface area contributed by atoms with Crippen LogP contribution in [0.3, 0.4) is 0 Å². The molecule has 174 valence electrons. The fourth-order valence-electron chi connectivity index (χ4n) is 3.46. The van der Waals surface area contributed by atoms with Crippen LogP contribution in [0.25, 0.3) is 10.9 Å². The molecule has 0 aliphatic rings. The van der Waals surface area contributed by atoms with Crippen LogP contribution < -0.4 is 15.6 Å². The van der Waals surface area contributed by atoms with Gasteiger partial charge in [-0.15, -0.1) is 0 Å². The molecule has 2 amide bonds. The van der Waals surface area contributed by atoms with Gasteiger partial charge in [0.05, 0.1) is 10.5 Å². The average molecular weight is 481 g/mol. The molecule has 1 aromatic heterocycles. The Balaban J connectivity index is 1.41. The van der Waals surface area contributed by atoms with E-state index in [9.17, 15) is 22.4 Å². The summed E-state index contributed by atoms with van der Waals surface area (Å²) in [4.78, 5) is 24.9. The van der Waals surface area contributed by atoms with Crippen molar-refractivity contribution in [3.8, 4) is 0 Å². The lowest BCUT2D eigenvalue weighted by atomic mass is 10.2. The third-order valence-electron chi connectivity index (χ3n) is 5.27. The lowest BCUT2D eigenvalue weighted by Crippen LogP contribution is -2.41. The average Bonchev–Trinajstić information content (AvgIpc) is 3.16. The van der Waals surface area contributed by atoms with E-state index in [2.05, 4.69) is 15.6 Å². The molecule has 4 rings (SSSR count). The zero-order chi connectivity index (χ0) is 24.5. The highest BCUT2D eigenvalue weighted by atomic mass is 32.2. The summed E-state index contributed by atoms with van der Waals surface area (Å²) in [5.74, 6) is -1.54. The predicted octanol–water partition coefficient (Wildman–Crippen LogP) is 3.50. The molecule has 0 fully saturated rings. The fraction of sp³-hybridized carbons (Fsp3) is 0.0833. The number of para-hydroxylation sites is 1. The van der Waals surface area contributed by atoms with Gasteiger partial charge in [-0.2, -0.15) is 0 Å². The SMILES string of the molecule is Cc1cc(S(=O)(=O)Nc2ccc(C(=O)NNC(=O)c3cn(C)c4ccccc34)cc2)ccc1F. The molecule has 0 aliphatic heterocycles. The van der Waals surface area contributed by atoms with Gasteiger partial charge in [-0.1, -0.05) is 18.2 Å². The summed E-state index contributed by atoms with van der Waals surface area (Å²) in [7, 11) is -2.11. The van der Waals surface area contributed by atoms with Crippen molar-refractivity contribution >= 4 is 38.4 Å². The molecule has 0 bridgehead atoms. The first-order valence-corrected chi connectivity index (χ1v) is 11.7. The van der Waals surface area contributed by atoms with Gasteiger partial charge in [-0.05, 0) is 61.0 Å². The lowest BCUT2D eigenvalue weighted by molar-refractivity contribution is 0.0847. The van der Waals surface area contributed by atoms with Crippen LogP contribution in [0.5, 0.6) is 0 Å². The van der Waals surface area contributed by atoms with Crippen molar-refractivity contribution in [1.29, 1.82) is 0 Å². The third kappa shape index (κ3) is 4.62. The molecule has 10 heteroatoms. The van der Waals surface area contributed by atoms with Gasteiger partial charge in [0.15, 0.2) is 0 Å². The zero-order valence-corrected chi connectivity index (χ0v) is 19.1. The number of rotatable bonds is 5. The molecular weight excluding hydrogens is 459 g/mol. The molecule has 0 saturated heterocycles. The number of fused-ring (bicyclic) bond motifs is 1. The fourth-order valence-corrected chi connectivity index (χ4v) is 4.61. The Morgan fingerprint density at radius 2 is 1.59 bits per heavy atom. The Morgan fingerprint density at radius 3 is 2.29 bits per heavy atom. The summed E-state index contributed by atoms with van der Waals surface area (Å²) < 4.78 is 42.7. The second-order valence-electron chi connectivity index (χ2n) is 7.67. The number of amides is 2. The quantitative estimate of drug-likeness (QED) is 0.380. The second-order valence-corrected chi connectivity index (χ2v) is 9.36. The number of hydrogen-bond acceptors (Lipinski definition) is 4. The summed E-state index contributed by atoms with van der Waals surface area (Å²) in [6, 6.07) is 16.5. The van der Waals surface area contributed by atoms with Crippen LogP contribution in [0, 0.1) is 12.7 Å². The molecule has 3 aromatic carbocycles. The largest absolute Gasteiger partial charge is 0.350 e. The minimum atomic E-state index is -3.93. The van der Waals surface area contributed by atoms with E-state index < -0.39 is 27.7 Å². The number of nitrogens with one attached hydrogen (secondary N) is 3. The number of sulfonamides is 1. The smallest absolute Gasteiger partial charge is 0.271 e. The predicted molar refractivity (Wildman–Crippen MR) is 126 cm³/mol. The summed E-state index contributed by atoms with van der Waals surface area (Å²) in [5.41, 5.74) is 6.68. The second kappa shape index (κ2) is 8.99. The first kappa shape index (κ1) is 23.0. The molecule has 4 aromatic rings. The summed E-state index contributed by atoms with van der Waals surface area (Å²) in [6.07, 6.45) is 1.68. The minimum Gasteiger partial charge on any atom is -0.350 e. The summed E-state index contributed by atoms with van der Waals surface area (Å²) in [6.45, 7) is 1.47. The summed E-state index contributed by atoms with van der Waals surface area (Å²) >= 11 is 0. The molecule has 0 atom stereocenters. The van der Waals surface area contributed by atoms with Gasteiger partial charge < -0.3 is 4.57 Å². The lowest BCUT2D eigenvalue weighted by Gasteiger charge is -2.10. The Morgan fingerprint density at radius 1 is 0.912 bits per heavy atom. The van der Waals surface area contributed by atoms with E-state index in [1.165, 1.54) is 43.3 Å². The van der Waals surface area contributed by atoms with Crippen molar-refractivity contribution in [3.05, 3.63) is 95.4 Å². The van der Waals surface area contributed by atoms with Crippen LogP contribution >= 0.6 is 0 Å². The van der Waals surface area contributed by atoms with E-state index in [0.717, 1.165) is 17.0 Å². The van der Waals surface area contributed by atoms with E-state index in [-0.39, 0.29) is 21.7 Å². The highest BCUT2D eigenvalue weighted by Crippen LogP contribution is 2.21. The van der Waals surface area contributed by atoms with Crippen molar-refractivity contribution in [2.24, 2.45) is 7.05 Å². The highest BCUT2D eigenvalue weighted by Gasteiger charge is 2.17. The number of aromatic nitrogens is 1. The van der Waals surface area contributed by atoms with Gasteiger partial charge >= 0.3 is 0 Å².